The summed E-state index contributed by atoms with van der Waals surface area (Å²) in [6, 6.07) is 7.40. The monoisotopic (exact) mass is 295 g/mol. The first-order chi connectivity index (χ1) is 10.7. The highest BCUT2D eigenvalue weighted by molar-refractivity contribution is 5.44. The highest BCUT2D eigenvalue weighted by Crippen LogP contribution is 2.36. The normalized spacial score (nSPS) is 21.5. The summed E-state index contributed by atoms with van der Waals surface area (Å²) in [6.45, 7) is 1.99. The van der Waals surface area contributed by atoms with Gasteiger partial charge in [0.25, 0.3) is 0 Å². The minimum atomic E-state index is 0.0987. The molecule has 0 unspecified atom stereocenters. The maximum Gasteiger partial charge on any atom is 0.133 e. The topological polar surface area (TPSA) is 72.7 Å². The number of aromatic amines is 1. The summed E-state index contributed by atoms with van der Waals surface area (Å²) >= 11 is 0. The van der Waals surface area contributed by atoms with Crippen molar-refractivity contribution in [2.24, 2.45) is 5.92 Å². The number of imidazole rings is 1. The van der Waals surface area contributed by atoms with E-state index in [1.54, 1.807) is 12.1 Å². The summed E-state index contributed by atoms with van der Waals surface area (Å²) in [6.07, 6.45) is 7.73. The number of nitrogens with zero attached hydrogens (tertiary/aromatic N) is 2. The third kappa shape index (κ3) is 3.14. The quantitative estimate of drug-likeness (QED) is 0.904. The van der Waals surface area contributed by atoms with Crippen LogP contribution in [-0.2, 0) is 6.42 Å². The number of phenolic OH excluding ortho intramolecular Hbond substituents is 1. The summed E-state index contributed by atoms with van der Waals surface area (Å²) in [7, 11) is 0. The van der Waals surface area contributed by atoms with Gasteiger partial charge in [-0.05, 0) is 62.6 Å². The standard InChI is InChI=1S/C18H21N3O/c1-12-20-11-17(21-12)15-5-2-13(3-6-15)8-14-4-7-16(10-19)18(22)9-14/h4,7,9,11,13,15,22H,2-3,5-6,8H2,1H3,(H,20,21)/t13-,15-. The molecule has 0 radical (unpaired) electrons. The Kier molecular flexibility index (Phi) is 4.15. The predicted octanol–water partition coefficient (Wildman–Crippen LogP) is 3.81. The molecule has 1 aromatic carbocycles. The van der Waals surface area contributed by atoms with Gasteiger partial charge in [0.1, 0.15) is 17.6 Å². The lowest BCUT2D eigenvalue weighted by molar-refractivity contribution is 0.321. The highest BCUT2D eigenvalue weighted by atomic mass is 16.3. The molecule has 4 heteroatoms. The minimum absolute atomic E-state index is 0.0987. The smallest absolute Gasteiger partial charge is 0.133 e. The number of aromatic nitrogens is 2. The SMILES string of the molecule is Cc1ncc([C@H]2CC[C@H](Cc3ccc(C#N)c(O)c3)CC2)[nH]1. The van der Waals surface area contributed by atoms with Crippen LogP contribution in [0.25, 0.3) is 0 Å². The summed E-state index contributed by atoms with van der Waals surface area (Å²) in [5, 5.41) is 18.6. The van der Waals surface area contributed by atoms with E-state index in [1.807, 2.05) is 25.3 Å². The van der Waals surface area contributed by atoms with Gasteiger partial charge in [-0.1, -0.05) is 6.07 Å². The second-order valence-electron chi connectivity index (χ2n) is 6.31. The molecule has 1 saturated carbocycles. The van der Waals surface area contributed by atoms with E-state index in [4.69, 9.17) is 5.26 Å². The first-order valence-electron chi connectivity index (χ1n) is 7.89. The first kappa shape index (κ1) is 14.6. The summed E-state index contributed by atoms with van der Waals surface area (Å²) in [5.74, 6) is 2.35. The van der Waals surface area contributed by atoms with Crippen molar-refractivity contribution in [1.82, 2.24) is 9.97 Å². The molecule has 2 N–H and O–H groups in total. The fourth-order valence-corrected chi connectivity index (χ4v) is 3.46. The first-order valence-corrected chi connectivity index (χ1v) is 7.89. The van der Waals surface area contributed by atoms with Crippen molar-refractivity contribution in [3.05, 3.63) is 47.0 Å². The third-order valence-corrected chi connectivity index (χ3v) is 4.72. The maximum atomic E-state index is 9.78. The molecule has 1 aliphatic rings. The van der Waals surface area contributed by atoms with Crippen LogP contribution in [0.5, 0.6) is 5.75 Å². The van der Waals surface area contributed by atoms with Gasteiger partial charge in [0.2, 0.25) is 0 Å². The fourth-order valence-electron chi connectivity index (χ4n) is 3.46. The number of nitrogens with one attached hydrogen (secondary N) is 1. The Balaban J connectivity index is 1.58. The third-order valence-electron chi connectivity index (χ3n) is 4.72. The van der Waals surface area contributed by atoms with E-state index in [0.717, 1.165) is 17.8 Å². The number of hydrogen-bond donors (Lipinski definition) is 2. The number of rotatable bonds is 3. The van der Waals surface area contributed by atoms with Crippen LogP contribution in [0.1, 0.15) is 54.2 Å². The molecule has 114 valence electrons. The van der Waals surface area contributed by atoms with Gasteiger partial charge >= 0.3 is 0 Å². The van der Waals surface area contributed by atoms with Gasteiger partial charge in [0, 0.05) is 17.8 Å². The van der Waals surface area contributed by atoms with Gasteiger partial charge in [0.15, 0.2) is 0 Å². The molecule has 0 spiro atoms. The van der Waals surface area contributed by atoms with Crippen LogP contribution >= 0.6 is 0 Å². The summed E-state index contributed by atoms with van der Waals surface area (Å²) in [5.41, 5.74) is 2.74. The van der Waals surface area contributed by atoms with Crippen molar-refractivity contribution in [3.8, 4) is 11.8 Å². The van der Waals surface area contributed by atoms with Gasteiger partial charge in [-0.15, -0.1) is 0 Å². The van der Waals surface area contributed by atoms with Crippen LogP contribution in [0.2, 0.25) is 0 Å². The summed E-state index contributed by atoms with van der Waals surface area (Å²) in [4.78, 5) is 7.65. The van der Waals surface area contributed by atoms with E-state index >= 15 is 0 Å². The lowest BCUT2D eigenvalue weighted by Gasteiger charge is -2.28. The van der Waals surface area contributed by atoms with Crippen molar-refractivity contribution in [1.29, 1.82) is 5.26 Å². The Morgan fingerprint density at radius 2 is 2.09 bits per heavy atom. The maximum absolute atomic E-state index is 9.78. The predicted molar refractivity (Wildman–Crippen MR) is 84.5 cm³/mol. The highest BCUT2D eigenvalue weighted by Gasteiger charge is 2.23. The number of H-pyrrole nitrogens is 1. The van der Waals surface area contributed by atoms with Gasteiger partial charge in [-0.2, -0.15) is 5.26 Å². The van der Waals surface area contributed by atoms with Crippen molar-refractivity contribution in [2.45, 2.75) is 44.9 Å². The Bertz CT molecular complexity index is 691. The average Bonchev–Trinajstić information content (AvgIpc) is 2.95. The Hall–Kier alpha value is -2.28. The number of nitriles is 1. The van der Waals surface area contributed by atoms with Crippen LogP contribution in [0, 0.1) is 24.2 Å². The van der Waals surface area contributed by atoms with Gasteiger partial charge < -0.3 is 10.1 Å². The zero-order valence-corrected chi connectivity index (χ0v) is 12.8. The van der Waals surface area contributed by atoms with E-state index in [0.29, 0.717) is 17.4 Å². The number of benzene rings is 1. The molecular formula is C18H21N3O. The number of aryl methyl sites for hydroxylation is 1. The average molecular weight is 295 g/mol. The molecule has 0 bridgehead atoms. The van der Waals surface area contributed by atoms with Crippen molar-refractivity contribution < 1.29 is 5.11 Å². The second-order valence-corrected chi connectivity index (χ2v) is 6.31. The fraction of sp³-hybridized carbons (Fsp3) is 0.444. The van der Waals surface area contributed by atoms with Crippen LogP contribution in [-0.4, -0.2) is 15.1 Å². The minimum Gasteiger partial charge on any atom is -0.507 e. The van der Waals surface area contributed by atoms with Crippen LogP contribution < -0.4 is 0 Å². The molecule has 4 nitrogen and oxygen atoms in total. The van der Waals surface area contributed by atoms with Gasteiger partial charge in [-0.3, -0.25) is 0 Å². The molecule has 1 aromatic heterocycles. The second kappa shape index (κ2) is 6.23. The zero-order valence-electron chi connectivity index (χ0n) is 12.8. The molecule has 0 aliphatic heterocycles. The molecule has 0 saturated heterocycles. The van der Waals surface area contributed by atoms with Crippen molar-refractivity contribution in [2.75, 3.05) is 0 Å². The molecule has 0 atom stereocenters. The molecule has 2 aromatic rings. The van der Waals surface area contributed by atoms with Crippen LogP contribution in [0.4, 0.5) is 0 Å². The molecule has 1 aliphatic carbocycles. The molecule has 1 heterocycles. The van der Waals surface area contributed by atoms with E-state index < -0.39 is 0 Å². The largest absolute Gasteiger partial charge is 0.507 e. The van der Waals surface area contributed by atoms with Gasteiger partial charge in [-0.25, -0.2) is 4.98 Å². The Labute approximate surface area is 130 Å². The summed E-state index contributed by atoms with van der Waals surface area (Å²) < 4.78 is 0. The van der Waals surface area contributed by atoms with Gasteiger partial charge in [0.05, 0.1) is 5.56 Å². The van der Waals surface area contributed by atoms with E-state index in [1.165, 1.54) is 31.4 Å². The van der Waals surface area contributed by atoms with E-state index in [9.17, 15) is 5.11 Å². The van der Waals surface area contributed by atoms with Crippen LogP contribution in [0.15, 0.2) is 24.4 Å². The molecule has 3 rings (SSSR count). The number of phenols is 1. The lowest BCUT2D eigenvalue weighted by atomic mass is 9.78. The molecule has 22 heavy (non-hydrogen) atoms. The van der Waals surface area contributed by atoms with Crippen molar-refractivity contribution in [3.63, 3.8) is 0 Å². The van der Waals surface area contributed by atoms with E-state index in [-0.39, 0.29) is 5.75 Å². The number of aromatic hydroxyl groups is 1. The number of hydrogen-bond acceptors (Lipinski definition) is 3. The zero-order chi connectivity index (χ0) is 15.5. The Morgan fingerprint density at radius 1 is 1.32 bits per heavy atom. The Morgan fingerprint density at radius 3 is 2.68 bits per heavy atom. The lowest BCUT2D eigenvalue weighted by Crippen LogP contribution is -2.15. The van der Waals surface area contributed by atoms with E-state index in [2.05, 4.69) is 9.97 Å². The molecule has 1 fully saturated rings. The van der Waals surface area contributed by atoms with Crippen LogP contribution in [0.3, 0.4) is 0 Å². The van der Waals surface area contributed by atoms with Crippen molar-refractivity contribution >= 4 is 0 Å². The molecular weight excluding hydrogens is 274 g/mol. The molecule has 0 amide bonds.